The topological polar surface area (TPSA) is 120 Å². The lowest BCUT2D eigenvalue weighted by Gasteiger charge is -2.26. The van der Waals surface area contributed by atoms with Crippen molar-refractivity contribution in [3.05, 3.63) is 53.3 Å². The molecule has 4 rings (SSSR count). The SMILES string of the molecule is COc1ccc(/C=C2\Oc3cc(OCC(=O)NCC4CCC(C(=O)O)CC4)ccc3C2=O)c(OC)c1. The summed E-state index contributed by atoms with van der Waals surface area (Å²) in [4.78, 5) is 36.1. The maximum Gasteiger partial charge on any atom is 0.306 e. The van der Waals surface area contributed by atoms with E-state index in [0.717, 1.165) is 12.8 Å². The van der Waals surface area contributed by atoms with Crippen LogP contribution in [0.2, 0.25) is 0 Å². The molecule has 0 radical (unpaired) electrons. The number of Topliss-reactive ketones (excluding diaryl/α,β-unsaturated/α-hetero) is 1. The number of hydrogen-bond acceptors (Lipinski definition) is 7. The van der Waals surface area contributed by atoms with Crippen LogP contribution < -0.4 is 24.3 Å². The standard InChI is InChI=1S/C27H29NO8/c1-33-19-8-7-18(22(12-19)34-2)11-24-26(30)21-10-9-20(13-23(21)36-24)35-15-25(29)28-14-16-3-5-17(6-4-16)27(31)32/h7-13,16-17H,3-6,14-15H2,1-2H3,(H,28,29)(H,31,32)/b24-11-. The molecule has 1 heterocycles. The molecule has 190 valence electrons. The number of ketones is 1. The summed E-state index contributed by atoms with van der Waals surface area (Å²) in [6.45, 7) is 0.322. The summed E-state index contributed by atoms with van der Waals surface area (Å²) in [5.41, 5.74) is 1.07. The summed E-state index contributed by atoms with van der Waals surface area (Å²) in [7, 11) is 3.09. The third kappa shape index (κ3) is 5.79. The van der Waals surface area contributed by atoms with Crippen molar-refractivity contribution in [2.45, 2.75) is 25.7 Å². The zero-order chi connectivity index (χ0) is 25.7. The molecule has 2 aromatic rings. The molecular formula is C27H29NO8. The highest BCUT2D eigenvalue weighted by molar-refractivity contribution is 6.14. The van der Waals surface area contributed by atoms with E-state index in [-0.39, 0.29) is 35.9 Å². The van der Waals surface area contributed by atoms with Gasteiger partial charge in [-0.05, 0) is 61.9 Å². The number of carboxylic acids is 1. The monoisotopic (exact) mass is 495 g/mol. The largest absolute Gasteiger partial charge is 0.497 e. The average Bonchev–Trinajstić information content (AvgIpc) is 3.20. The Hall–Kier alpha value is -4.01. The number of methoxy groups -OCH3 is 2. The van der Waals surface area contributed by atoms with Crippen LogP contribution in [-0.2, 0) is 9.59 Å². The van der Waals surface area contributed by atoms with Gasteiger partial charge in [-0.15, -0.1) is 0 Å². The number of rotatable bonds is 9. The van der Waals surface area contributed by atoms with E-state index in [4.69, 9.17) is 24.1 Å². The predicted molar refractivity (Wildman–Crippen MR) is 131 cm³/mol. The van der Waals surface area contributed by atoms with Crippen molar-refractivity contribution in [1.82, 2.24) is 5.32 Å². The van der Waals surface area contributed by atoms with Crippen LogP contribution in [0, 0.1) is 11.8 Å². The fourth-order valence-electron chi connectivity index (χ4n) is 4.41. The van der Waals surface area contributed by atoms with E-state index in [1.54, 1.807) is 49.6 Å². The van der Waals surface area contributed by atoms with Crippen molar-refractivity contribution >= 4 is 23.7 Å². The summed E-state index contributed by atoms with van der Waals surface area (Å²) in [5.74, 6) is 0.821. The zero-order valence-electron chi connectivity index (χ0n) is 20.2. The van der Waals surface area contributed by atoms with Gasteiger partial charge in [0.2, 0.25) is 5.78 Å². The number of fused-ring (bicyclic) bond motifs is 1. The van der Waals surface area contributed by atoms with Gasteiger partial charge < -0.3 is 29.4 Å². The van der Waals surface area contributed by atoms with Crippen molar-refractivity contribution in [2.75, 3.05) is 27.4 Å². The van der Waals surface area contributed by atoms with Gasteiger partial charge in [0.05, 0.1) is 25.7 Å². The quantitative estimate of drug-likeness (QED) is 0.505. The number of hydrogen-bond donors (Lipinski definition) is 2. The zero-order valence-corrected chi connectivity index (χ0v) is 20.2. The Labute approximate surface area is 209 Å². The number of carbonyl (C=O) groups is 3. The number of nitrogens with one attached hydrogen (secondary N) is 1. The van der Waals surface area contributed by atoms with Crippen LogP contribution in [-0.4, -0.2) is 50.1 Å². The number of amides is 1. The maximum atomic E-state index is 12.8. The molecular weight excluding hydrogens is 466 g/mol. The molecule has 36 heavy (non-hydrogen) atoms. The Kier molecular flexibility index (Phi) is 7.77. The lowest BCUT2D eigenvalue weighted by molar-refractivity contribution is -0.143. The Morgan fingerprint density at radius 3 is 2.50 bits per heavy atom. The molecule has 2 aromatic carbocycles. The minimum atomic E-state index is -0.742. The van der Waals surface area contributed by atoms with Gasteiger partial charge in [0.15, 0.2) is 12.4 Å². The van der Waals surface area contributed by atoms with Gasteiger partial charge in [0.1, 0.15) is 23.0 Å². The summed E-state index contributed by atoms with van der Waals surface area (Å²) in [6, 6.07) is 10.1. The normalized spacial score (nSPS) is 19.8. The van der Waals surface area contributed by atoms with Crippen LogP contribution in [0.5, 0.6) is 23.0 Å². The Bertz CT molecular complexity index is 1180. The molecule has 0 atom stereocenters. The van der Waals surface area contributed by atoms with Crippen LogP contribution >= 0.6 is 0 Å². The van der Waals surface area contributed by atoms with Crippen molar-refractivity contribution in [3.8, 4) is 23.0 Å². The molecule has 0 unspecified atom stereocenters. The van der Waals surface area contributed by atoms with Crippen LogP contribution in [0.3, 0.4) is 0 Å². The highest BCUT2D eigenvalue weighted by atomic mass is 16.5. The maximum absolute atomic E-state index is 12.8. The lowest BCUT2D eigenvalue weighted by Crippen LogP contribution is -2.35. The van der Waals surface area contributed by atoms with Gasteiger partial charge in [-0.25, -0.2) is 0 Å². The third-order valence-corrected chi connectivity index (χ3v) is 6.52. The van der Waals surface area contributed by atoms with Crippen LogP contribution in [0.15, 0.2) is 42.2 Å². The lowest BCUT2D eigenvalue weighted by atomic mass is 9.82. The van der Waals surface area contributed by atoms with E-state index in [1.165, 1.54) is 7.11 Å². The third-order valence-electron chi connectivity index (χ3n) is 6.52. The smallest absolute Gasteiger partial charge is 0.306 e. The van der Waals surface area contributed by atoms with Crippen LogP contribution in [0.25, 0.3) is 6.08 Å². The number of carboxylic acid groups (broad SMARTS) is 1. The van der Waals surface area contributed by atoms with Crippen molar-refractivity contribution in [3.63, 3.8) is 0 Å². The Balaban J connectivity index is 1.31. The molecule has 2 N–H and O–H groups in total. The minimum Gasteiger partial charge on any atom is -0.497 e. The molecule has 0 bridgehead atoms. The summed E-state index contributed by atoms with van der Waals surface area (Å²) in [5, 5.41) is 11.9. The van der Waals surface area contributed by atoms with Crippen LogP contribution in [0.4, 0.5) is 0 Å². The molecule has 1 amide bonds. The van der Waals surface area contributed by atoms with Gasteiger partial charge in [0.25, 0.3) is 5.91 Å². The second kappa shape index (κ2) is 11.2. The molecule has 9 heteroatoms. The Morgan fingerprint density at radius 1 is 1.06 bits per heavy atom. The second-order valence-electron chi connectivity index (χ2n) is 8.85. The molecule has 9 nitrogen and oxygen atoms in total. The molecule has 0 aromatic heterocycles. The molecule has 1 aliphatic carbocycles. The van der Waals surface area contributed by atoms with Gasteiger partial charge in [-0.1, -0.05) is 0 Å². The molecule has 0 spiro atoms. The van der Waals surface area contributed by atoms with Gasteiger partial charge in [0, 0.05) is 24.2 Å². The van der Waals surface area contributed by atoms with E-state index in [2.05, 4.69) is 5.32 Å². The summed E-state index contributed by atoms with van der Waals surface area (Å²) >= 11 is 0. The van der Waals surface area contributed by atoms with E-state index >= 15 is 0 Å². The molecule has 1 saturated carbocycles. The fourth-order valence-corrected chi connectivity index (χ4v) is 4.41. The molecule has 1 aliphatic heterocycles. The van der Waals surface area contributed by atoms with E-state index in [1.807, 2.05) is 0 Å². The van der Waals surface area contributed by atoms with E-state index < -0.39 is 5.97 Å². The second-order valence-corrected chi connectivity index (χ2v) is 8.85. The first kappa shape index (κ1) is 25.1. The first-order valence-electron chi connectivity index (χ1n) is 11.8. The number of allylic oxidation sites excluding steroid dienone is 1. The van der Waals surface area contributed by atoms with Gasteiger partial charge in [-0.3, -0.25) is 14.4 Å². The van der Waals surface area contributed by atoms with Crippen molar-refractivity contribution in [2.24, 2.45) is 11.8 Å². The number of ether oxygens (including phenoxy) is 4. The van der Waals surface area contributed by atoms with E-state index in [9.17, 15) is 14.4 Å². The molecule has 1 fully saturated rings. The van der Waals surface area contributed by atoms with Crippen molar-refractivity contribution in [1.29, 1.82) is 0 Å². The van der Waals surface area contributed by atoms with Gasteiger partial charge in [-0.2, -0.15) is 0 Å². The first-order chi connectivity index (χ1) is 17.4. The fraction of sp³-hybridized carbons (Fsp3) is 0.370. The number of aliphatic carboxylic acids is 1. The summed E-state index contributed by atoms with van der Waals surface area (Å²) < 4.78 is 22.0. The average molecular weight is 496 g/mol. The molecule has 0 saturated heterocycles. The number of carbonyl (C=O) groups excluding carboxylic acids is 2. The number of benzene rings is 2. The van der Waals surface area contributed by atoms with E-state index in [0.29, 0.717) is 53.5 Å². The minimum absolute atomic E-state index is 0.154. The predicted octanol–water partition coefficient (Wildman–Crippen LogP) is 3.71. The highest BCUT2D eigenvalue weighted by Crippen LogP contribution is 2.36. The summed E-state index contributed by atoms with van der Waals surface area (Å²) in [6.07, 6.45) is 4.46. The Morgan fingerprint density at radius 2 is 1.81 bits per heavy atom. The van der Waals surface area contributed by atoms with Crippen LogP contribution in [0.1, 0.15) is 41.6 Å². The highest BCUT2D eigenvalue weighted by Gasteiger charge is 2.29. The van der Waals surface area contributed by atoms with Crippen molar-refractivity contribution < 1.29 is 38.4 Å². The first-order valence-corrected chi connectivity index (χ1v) is 11.8. The van der Waals surface area contributed by atoms with Gasteiger partial charge >= 0.3 is 5.97 Å². The molecule has 2 aliphatic rings.